The molecule has 1 amide bonds. The lowest BCUT2D eigenvalue weighted by atomic mass is 10.1. The number of nitrogens with zero attached hydrogens (tertiary/aromatic N) is 3. The Bertz CT molecular complexity index is 984. The highest BCUT2D eigenvalue weighted by Crippen LogP contribution is 2.22. The van der Waals surface area contributed by atoms with E-state index in [-0.39, 0.29) is 11.6 Å². The summed E-state index contributed by atoms with van der Waals surface area (Å²) in [6, 6.07) is 11.7. The van der Waals surface area contributed by atoms with Gasteiger partial charge in [-0.2, -0.15) is 5.10 Å². The second kappa shape index (κ2) is 7.37. The summed E-state index contributed by atoms with van der Waals surface area (Å²) < 4.78 is 1.61. The molecule has 1 N–H and O–H groups in total. The number of nitro groups is 1. The van der Waals surface area contributed by atoms with E-state index in [1.54, 1.807) is 29.9 Å². The predicted molar refractivity (Wildman–Crippen MR) is 98.6 cm³/mol. The van der Waals surface area contributed by atoms with Crippen molar-refractivity contribution in [3.8, 4) is 0 Å². The van der Waals surface area contributed by atoms with E-state index in [1.165, 1.54) is 18.3 Å². The van der Waals surface area contributed by atoms with Crippen LogP contribution in [0, 0.1) is 17.0 Å². The number of hydrogen-bond acceptors (Lipinski definition) is 4. The van der Waals surface area contributed by atoms with Crippen molar-refractivity contribution >= 4 is 28.9 Å². The monoisotopic (exact) mass is 370 g/mol. The molecule has 3 rings (SSSR count). The SMILES string of the molecule is Cc1ccc([N+](=O)[O-])cc1NC(=O)c1cnn(Cc2ccccc2Cl)c1. The van der Waals surface area contributed by atoms with Gasteiger partial charge in [-0.15, -0.1) is 0 Å². The molecule has 2 aromatic carbocycles. The van der Waals surface area contributed by atoms with Crippen molar-refractivity contribution in [2.24, 2.45) is 0 Å². The largest absolute Gasteiger partial charge is 0.321 e. The van der Waals surface area contributed by atoms with Crippen LogP contribution in [0.15, 0.2) is 54.9 Å². The van der Waals surface area contributed by atoms with Gasteiger partial charge in [-0.1, -0.05) is 35.9 Å². The predicted octanol–water partition coefficient (Wildman–Crippen LogP) is 4.05. The van der Waals surface area contributed by atoms with E-state index in [1.807, 2.05) is 18.2 Å². The number of rotatable bonds is 5. The Morgan fingerprint density at radius 2 is 2.08 bits per heavy atom. The standard InChI is InChI=1S/C18H15ClN4O3/c1-12-6-7-15(23(25)26)8-17(12)21-18(24)14-9-20-22(11-14)10-13-4-2-3-5-16(13)19/h2-9,11H,10H2,1H3,(H,21,24). The third-order valence-electron chi connectivity index (χ3n) is 3.87. The molecule has 0 atom stereocenters. The Hall–Kier alpha value is -3.19. The van der Waals surface area contributed by atoms with E-state index in [4.69, 9.17) is 11.6 Å². The van der Waals surface area contributed by atoms with Crippen molar-refractivity contribution in [1.82, 2.24) is 9.78 Å². The molecule has 1 aromatic heterocycles. The number of carbonyl (C=O) groups excluding carboxylic acids is 1. The second-order valence-corrected chi connectivity index (χ2v) is 6.14. The van der Waals surface area contributed by atoms with Crippen molar-refractivity contribution in [2.75, 3.05) is 5.32 Å². The highest BCUT2D eigenvalue weighted by Gasteiger charge is 2.14. The van der Waals surface area contributed by atoms with Gasteiger partial charge in [0.15, 0.2) is 0 Å². The van der Waals surface area contributed by atoms with Gasteiger partial charge in [-0.05, 0) is 24.1 Å². The number of anilines is 1. The smallest absolute Gasteiger partial charge is 0.271 e. The molecule has 3 aromatic rings. The first-order valence-corrected chi connectivity index (χ1v) is 8.14. The van der Waals surface area contributed by atoms with Crippen LogP contribution < -0.4 is 5.32 Å². The van der Waals surface area contributed by atoms with Crippen LogP contribution in [0.5, 0.6) is 0 Å². The fourth-order valence-corrected chi connectivity index (χ4v) is 2.62. The van der Waals surface area contributed by atoms with Gasteiger partial charge in [0, 0.05) is 23.4 Å². The summed E-state index contributed by atoms with van der Waals surface area (Å²) in [6.45, 7) is 2.20. The fourth-order valence-electron chi connectivity index (χ4n) is 2.42. The summed E-state index contributed by atoms with van der Waals surface area (Å²) in [6.07, 6.45) is 3.05. The first-order chi connectivity index (χ1) is 12.4. The van der Waals surface area contributed by atoms with Crippen molar-refractivity contribution in [3.63, 3.8) is 0 Å². The number of non-ortho nitro benzene ring substituents is 1. The lowest BCUT2D eigenvalue weighted by molar-refractivity contribution is -0.384. The number of aromatic nitrogens is 2. The summed E-state index contributed by atoms with van der Waals surface area (Å²) in [5.74, 6) is -0.390. The number of carbonyl (C=O) groups is 1. The molecule has 1 heterocycles. The Morgan fingerprint density at radius 3 is 2.81 bits per heavy atom. The molecule has 8 heteroatoms. The van der Waals surface area contributed by atoms with Crippen LogP contribution in [0.3, 0.4) is 0 Å². The third-order valence-corrected chi connectivity index (χ3v) is 4.23. The molecule has 0 bridgehead atoms. The summed E-state index contributed by atoms with van der Waals surface area (Å²) in [5.41, 5.74) is 2.28. The number of hydrogen-bond donors (Lipinski definition) is 1. The van der Waals surface area contributed by atoms with E-state index in [0.717, 1.165) is 11.1 Å². The highest BCUT2D eigenvalue weighted by molar-refractivity contribution is 6.31. The number of amides is 1. The molecule has 0 saturated heterocycles. The number of halogens is 1. The number of aryl methyl sites for hydroxylation is 1. The normalized spacial score (nSPS) is 10.5. The summed E-state index contributed by atoms with van der Waals surface area (Å²) in [5, 5.41) is 18.4. The van der Waals surface area contributed by atoms with Crippen molar-refractivity contribution in [3.05, 3.63) is 86.7 Å². The van der Waals surface area contributed by atoms with Crippen LogP contribution in [-0.2, 0) is 6.54 Å². The maximum absolute atomic E-state index is 12.4. The highest BCUT2D eigenvalue weighted by atomic mass is 35.5. The average molecular weight is 371 g/mol. The average Bonchev–Trinajstić information content (AvgIpc) is 3.07. The summed E-state index contributed by atoms with van der Waals surface area (Å²) in [7, 11) is 0. The van der Waals surface area contributed by atoms with Crippen LogP contribution in [-0.4, -0.2) is 20.6 Å². The maximum Gasteiger partial charge on any atom is 0.271 e. The third kappa shape index (κ3) is 3.89. The molecule has 0 aliphatic heterocycles. The van der Waals surface area contributed by atoms with E-state index >= 15 is 0 Å². The van der Waals surface area contributed by atoms with Crippen LogP contribution in [0.4, 0.5) is 11.4 Å². The molecule has 0 saturated carbocycles. The first kappa shape index (κ1) is 17.6. The zero-order valence-corrected chi connectivity index (χ0v) is 14.6. The van der Waals surface area contributed by atoms with E-state index in [2.05, 4.69) is 10.4 Å². The molecule has 0 aliphatic carbocycles. The van der Waals surface area contributed by atoms with E-state index < -0.39 is 4.92 Å². The van der Waals surface area contributed by atoms with E-state index in [0.29, 0.717) is 22.8 Å². The molecule has 0 unspecified atom stereocenters. The minimum Gasteiger partial charge on any atom is -0.321 e. The minimum atomic E-state index is -0.503. The Balaban J connectivity index is 1.76. The molecule has 132 valence electrons. The van der Waals surface area contributed by atoms with E-state index in [9.17, 15) is 14.9 Å². The maximum atomic E-state index is 12.4. The molecule has 0 spiro atoms. The molecule has 26 heavy (non-hydrogen) atoms. The lowest BCUT2D eigenvalue weighted by Crippen LogP contribution is -2.12. The molecular weight excluding hydrogens is 356 g/mol. The van der Waals surface area contributed by atoms with Crippen LogP contribution in [0.1, 0.15) is 21.5 Å². The van der Waals surface area contributed by atoms with Gasteiger partial charge in [0.25, 0.3) is 11.6 Å². The molecule has 7 nitrogen and oxygen atoms in total. The van der Waals surface area contributed by atoms with Gasteiger partial charge in [-0.25, -0.2) is 0 Å². The quantitative estimate of drug-likeness (QED) is 0.541. The van der Waals surface area contributed by atoms with Crippen molar-refractivity contribution in [1.29, 1.82) is 0 Å². The number of benzene rings is 2. The Labute approximate surface area is 154 Å². The molecule has 0 radical (unpaired) electrons. The van der Waals surface area contributed by atoms with Gasteiger partial charge in [-0.3, -0.25) is 19.6 Å². The van der Waals surface area contributed by atoms with Gasteiger partial charge >= 0.3 is 0 Å². The molecule has 0 aliphatic rings. The van der Waals surface area contributed by atoms with Gasteiger partial charge < -0.3 is 5.32 Å². The number of nitro benzene ring substituents is 1. The van der Waals surface area contributed by atoms with Crippen molar-refractivity contribution < 1.29 is 9.72 Å². The number of nitrogens with one attached hydrogen (secondary N) is 1. The zero-order valence-electron chi connectivity index (χ0n) is 13.8. The first-order valence-electron chi connectivity index (χ1n) is 7.76. The van der Waals surface area contributed by atoms with Gasteiger partial charge in [0.1, 0.15) is 0 Å². The van der Waals surface area contributed by atoms with Crippen molar-refractivity contribution in [2.45, 2.75) is 13.5 Å². The second-order valence-electron chi connectivity index (χ2n) is 5.73. The summed E-state index contributed by atoms with van der Waals surface area (Å²) >= 11 is 6.13. The fraction of sp³-hybridized carbons (Fsp3) is 0.111. The minimum absolute atomic E-state index is 0.0830. The van der Waals surface area contributed by atoms with Crippen LogP contribution in [0.2, 0.25) is 5.02 Å². The Kier molecular flexibility index (Phi) is 4.99. The zero-order chi connectivity index (χ0) is 18.7. The van der Waals surface area contributed by atoms with Crippen LogP contribution >= 0.6 is 11.6 Å². The Morgan fingerprint density at radius 1 is 1.31 bits per heavy atom. The summed E-state index contributed by atoms with van der Waals surface area (Å²) in [4.78, 5) is 22.8. The van der Waals surface area contributed by atoms with Gasteiger partial charge in [0.05, 0.1) is 28.9 Å². The topological polar surface area (TPSA) is 90.1 Å². The molecule has 0 fully saturated rings. The van der Waals surface area contributed by atoms with Crippen LogP contribution in [0.25, 0.3) is 0 Å². The molecular formula is C18H15ClN4O3. The van der Waals surface area contributed by atoms with Gasteiger partial charge in [0.2, 0.25) is 0 Å². The lowest BCUT2D eigenvalue weighted by Gasteiger charge is -2.07.